The van der Waals surface area contributed by atoms with Crippen molar-refractivity contribution in [2.45, 2.75) is 0 Å². The van der Waals surface area contributed by atoms with E-state index in [-0.39, 0.29) is 11.5 Å². The molecule has 0 spiro atoms. The van der Waals surface area contributed by atoms with Gasteiger partial charge in [-0.05, 0) is 42.5 Å². The summed E-state index contributed by atoms with van der Waals surface area (Å²) in [5.41, 5.74) is 3.54. The fourth-order valence-electron chi connectivity index (χ4n) is 2.82. The van der Waals surface area contributed by atoms with Gasteiger partial charge in [-0.25, -0.2) is 9.37 Å². The van der Waals surface area contributed by atoms with Crippen LogP contribution >= 0.6 is 0 Å². The molecule has 1 N–H and O–H groups in total. The van der Waals surface area contributed by atoms with E-state index in [4.69, 9.17) is 0 Å². The van der Waals surface area contributed by atoms with Crippen molar-refractivity contribution in [1.82, 2.24) is 4.98 Å². The summed E-state index contributed by atoms with van der Waals surface area (Å²) in [4.78, 5) is 17.0. The highest BCUT2D eigenvalue weighted by molar-refractivity contribution is 6.04. The number of hydrogen-bond donors (Lipinski definition) is 1. The number of fused-ring (bicyclic) bond motifs is 1. The van der Waals surface area contributed by atoms with Gasteiger partial charge in [0.1, 0.15) is 5.82 Å². The summed E-state index contributed by atoms with van der Waals surface area (Å²) >= 11 is 0. The standard InChI is InChI=1S/C22H15FN2O/c23-18-8-3-7-17(13-18)22(26)24-19-9-4-6-16(14-19)21-12-11-15-5-1-2-10-20(15)25-21/h1-14H,(H,24,26). The van der Waals surface area contributed by atoms with Gasteiger partial charge >= 0.3 is 0 Å². The second-order valence-corrected chi connectivity index (χ2v) is 5.93. The maximum Gasteiger partial charge on any atom is 0.255 e. The number of nitrogens with zero attached hydrogens (tertiary/aromatic N) is 1. The number of anilines is 1. The summed E-state index contributed by atoms with van der Waals surface area (Å²) in [5.74, 6) is -0.792. The van der Waals surface area contributed by atoms with E-state index in [1.54, 1.807) is 12.1 Å². The minimum absolute atomic E-state index is 0.277. The van der Waals surface area contributed by atoms with Gasteiger partial charge in [0.15, 0.2) is 0 Å². The molecule has 1 heterocycles. The van der Waals surface area contributed by atoms with Gasteiger partial charge in [0.05, 0.1) is 11.2 Å². The minimum Gasteiger partial charge on any atom is -0.322 e. The lowest BCUT2D eigenvalue weighted by Crippen LogP contribution is -2.12. The van der Waals surface area contributed by atoms with Gasteiger partial charge in [-0.2, -0.15) is 0 Å². The molecule has 26 heavy (non-hydrogen) atoms. The van der Waals surface area contributed by atoms with E-state index < -0.39 is 5.82 Å². The van der Waals surface area contributed by atoms with Crippen molar-refractivity contribution in [2.24, 2.45) is 0 Å². The Morgan fingerprint density at radius 1 is 0.846 bits per heavy atom. The molecule has 4 aromatic rings. The van der Waals surface area contributed by atoms with E-state index >= 15 is 0 Å². The molecule has 0 fully saturated rings. The van der Waals surface area contributed by atoms with Crippen LogP contribution in [-0.4, -0.2) is 10.9 Å². The number of hydrogen-bond acceptors (Lipinski definition) is 2. The monoisotopic (exact) mass is 342 g/mol. The zero-order valence-electron chi connectivity index (χ0n) is 13.8. The van der Waals surface area contributed by atoms with Crippen molar-refractivity contribution < 1.29 is 9.18 Å². The normalized spacial score (nSPS) is 10.7. The lowest BCUT2D eigenvalue weighted by molar-refractivity contribution is 0.102. The first-order chi connectivity index (χ1) is 12.7. The third-order valence-corrected chi connectivity index (χ3v) is 4.10. The molecule has 0 atom stereocenters. The Hall–Kier alpha value is -3.53. The average Bonchev–Trinajstić information content (AvgIpc) is 2.68. The minimum atomic E-state index is -0.438. The van der Waals surface area contributed by atoms with Crippen molar-refractivity contribution in [3.05, 3.63) is 96.3 Å². The predicted molar refractivity (Wildman–Crippen MR) is 102 cm³/mol. The van der Waals surface area contributed by atoms with Crippen LogP contribution < -0.4 is 5.32 Å². The first-order valence-corrected chi connectivity index (χ1v) is 8.22. The van der Waals surface area contributed by atoms with Gasteiger partial charge in [-0.3, -0.25) is 4.79 Å². The van der Waals surface area contributed by atoms with E-state index in [0.717, 1.165) is 22.2 Å². The molecule has 3 aromatic carbocycles. The molecule has 0 radical (unpaired) electrons. The number of halogens is 1. The Kier molecular flexibility index (Phi) is 4.15. The van der Waals surface area contributed by atoms with E-state index in [2.05, 4.69) is 10.3 Å². The first-order valence-electron chi connectivity index (χ1n) is 8.22. The van der Waals surface area contributed by atoms with E-state index in [0.29, 0.717) is 5.69 Å². The topological polar surface area (TPSA) is 42.0 Å². The molecular formula is C22H15FN2O. The number of benzene rings is 3. The van der Waals surface area contributed by atoms with Gasteiger partial charge in [-0.1, -0.05) is 42.5 Å². The Morgan fingerprint density at radius 3 is 2.58 bits per heavy atom. The van der Waals surface area contributed by atoms with Gasteiger partial charge in [0.2, 0.25) is 0 Å². The van der Waals surface area contributed by atoms with Crippen LogP contribution in [0.25, 0.3) is 22.2 Å². The molecule has 1 amide bonds. The molecule has 4 heteroatoms. The molecule has 0 aliphatic carbocycles. The Balaban J connectivity index is 1.62. The highest BCUT2D eigenvalue weighted by Crippen LogP contribution is 2.24. The lowest BCUT2D eigenvalue weighted by atomic mass is 10.1. The number of carbonyl (C=O) groups is 1. The van der Waals surface area contributed by atoms with E-state index in [9.17, 15) is 9.18 Å². The van der Waals surface area contributed by atoms with Crippen LogP contribution in [0.4, 0.5) is 10.1 Å². The highest BCUT2D eigenvalue weighted by atomic mass is 19.1. The molecule has 0 aliphatic heterocycles. The summed E-state index contributed by atoms with van der Waals surface area (Å²) in [5, 5.41) is 3.88. The molecule has 0 aliphatic rings. The van der Waals surface area contributed by atoms with Gasteiger partial charge in [0.25, 0.3) is 5.91 Å². The maximum atomic E-state index is 13.3. The lowest BCUT2D eigenvalue weighted by Gasteiger charge is -2.08. The van der Waals surface area contributed by atoms with Crippen molar-refractivity contribution in [3.8, 4) is 11.3 Å². The van der Waals surface area contributed by atoms with Gasteiger partial charge in [-0.15, -0.1) is 0 Å². The zero-order valence-corrected chi connectivity index (χ0v) is 13.8. The maximum absolute atomic E-state index is 13.3. The average molecular weight is 342 g/mol. The van der Waals surface area contributed by atoms with Crippen LogP contribution in [-0.2, 0) is 0 Å². The van der Waals surface area contributed by atoms with Crippen LogP contribution in [0.2, 0.25) is 0 Å². The molecule has 0 saturated carbocycles. The summed E-state index contributed by atoms with van der Waals surface area (Å²) < 4.78 is 13.3. The zero-order chi connectivity index (χ0) is 17.9. The molecule has 126 valence electrons. The third-order valence-electron chi connectivity index (χ3n) is 4.10. The number of amides is 1. The van der Waals surface area contributed by atoms with Crippen molar-refractivity contribution >= 4 is 22.5 Å². The van der Waals surface area contributed by atoms with Crippen LogP contribution in [0.1, 0.15) is 10.4 Å². The molecule has 1 aromatic heterocycles. The second-order valence-electron chi connectivity index (χ2n) is 5.93. The Labute approximate surface area is 150 Å². The molecular weight excluding hydrogens is 327 g/mol. The molecule has 0 bridgehead atoms. The molecule has 0 saturated heterocycles. The second kappa shape index (κ2) is 6.76. The summed E-state index contributed by atoms with van der Waals surface area (Å²) in [6.45, 7) is 0. The van der Waals surface area contributed by atoms with Crippen molar-refractivity contribution in [2.75, 3.05) is 5.32 Å². The van der Waals surface area contributed by atoms with E-state index in [1.165, 1.54) is 18.2 Å². The third kappa shape index (κ3) is 3.30. The molecule has 3 nitrogen and oxygen atoms in total. The summed E-state index contributed by atoms with van der Waals surface area (Å²) in [6, 6.07) is 24.9. The smallest absolute Gasteiger partial charge is 0.255 e. The number of rotatable bonds is 3. The number of pyridine rings is 1. The van der Waals surface area contributed by atoms with E-state index in [1.807, 2.05) is 54.6 Å². The number of para-hydroxylation sites is 1. The summed E-state index contributed by atoms with van der Waals surface area (Å²) in [6.07, 6.45) is 0. The number of nitrogens with one attached hydrogen (secondary N) is 1. The molecule has 4 rings (SSSR count). The fraction of sp³-hybridized carbons (Fsp3) is 0. The Morgan fingerprint density at radius 2 is 1.69 bits per heavy atom. The Bertz CT molecular complexity index is 1110. The summed E-state index contributed by atoms with van der Waals surface area (Å²) in [7, 11) is 0. The van der Waals surface area contributed by atoms with Gasteiger partial charge < -0.3 is 5.32 Å². The molecule has 0 unspecified atom stereocenters. The van der Waals surface area contributed by atoms with Crippen LogP contribution in [0, 0.1) is 5.82 Å². The highest BCUT2D eigenvalue weighted by Gasteiger charge is 2.08. The fourth-order valence-corrected chi connectivity index (χ4v) is 2.82. The van der Waals surface area contributed by atoms with Crippen molar-refractivity contribution in [1.29, 1.82) is 0 Å². The van der Waals surface area contributed by atoms with Crippen LogP contribution in [0.5, 0.6) is 0 Å². The van der Waals surface area contributed by atoms with Crippen LogP contribution in [0.3, 0.4) is 0 Å². The van der Waals surface area contributed by atoms with Gasteiger partial charge in [0, 0.05) is 22.2 Å². The predicted octanol–water partition coefficient (Wildman–Crippen LogP) is 5.29. The largest absolute Gasteiger partial charge is 0.322 e. The quantitative estimate of drug-likeness (QED) is 0.549. The number of aromatic nitrogens is 1. The SMILES string of the molecule is O=C(Nc1cccc(-c2ccc3ccccc3n2)c1)c1cccc(F)c1. The first kappa shape index (κ1) is 16.0. The number of carbonyl (C=O) groups excluding carboxylic acids is 1. The van der Waals surface area contributed by atoms with Crippen molar-refractivity contribution in [3.63, 3.8) is 0 Å². The van der Waals surface area contributed by atoms with Crippen LogP contribution in [0.15, 0.2) is 84.9 Å².